The third kappa shape index (κ3) is 3.05. The highest BCUT2D eigenvalue weighted by atomic mass is 79.9. The predicted molar refractivity (Wildman–Crippen MR) is 70.1 cm³/mol. The van der Waals surface area contributed by atoms with Gasteiger partial charge < -0.3 is 10.6 Å². The summed E-state index contributed by atoms with van der Waals surface area (Å²) in [5, 5.41) is 8.19. The second kappa shape index (κ2) is 5.45. The van der Waals surface area contributed by atoms with Crippen LogP contribution in [0.5, 0.6) is 0 Å². The van der Waals surface area contributed by atoms with E-state index in [1.807, 2.05) is 6.92 Å². The molecule has 1 unspecified atom stereocenters. The fraction of sp³-hybridized carbons (Fsp3) is 0.364. The van der Waals surface area contributed by atoms with E-state index in [0.717, 1.165) is 10.0 Å². The summed E-state index contributed by atoms with van der Waals surface area (Å²) in [6.07, 6.45) is 1.64. The molecule has 0 aliphatic carbocycles. The van der Waals surface area contributed by atoms with E-state index in [9.17, 15) is 9.59 Å². The smallest absolute Gasteiger partial charge is 0.244 e. The number of carbonyl (C=O) groups excluding carboxylic acids is 2. The molecule has 1 saturated heterocycles. The van der Waals surface area contributed by atoms with E-state index in [-0.39, 0.29) is 18.4 Å². The Morgan fingerprint density at radius 1 is 1.61 bits per heavy atom. The van der Waals surface area contributed by atoms with Gasteiger partial charge in [0.2, 0.25) is 11.8 Å². The number of hydrogen-bond donors (Lipinski definition) is 3. The van der Waals surface area contributed by atoms with Crippen LogP contribution in [-0.4, -0.2) is 35.9 Å². The third-order valence-electron chi connectivity index (χ3n) is 2.63. The first-order chi connectivity index (χ1) is 8.56. The van der Waals surface area contributed by atoms with Crippen molar-refractivity contribution in [2.75, 3.05) is 18.4 Å². The molecule has 0 spiro atoms. The minimum Gasteiger partial charge on any atom is -0.353 e. The molecule has 1 aromatic heterocycles. The average molecular weight is 313 g/mol. The van der Waals surface area contributed by atoms with Crippen molar-refractivity contribution >= 4 is 33.6 Å². The van der Waals surface area contributed by atoms with Gasteiger partial charge in [0.1, 0.15) is 11.9 Å². The van der Waals surface area contributed by atoms with E-state index in [1.54, 1.807) is 12.3 Å². The first kappa shape index (κ1) is 13.0. The van der Waals surface area contributed by atoms with E-state index in [0.29, 0.717) is 12.4 Å². The highest BCUT2D eigenvalue weighted by Gasteiger charge is 2.23. The maximum atomic E-state index is 11.9. The lowest BCUT2D eigenvalue weighted by molar-refractivity contribution is -0.124. The summed E-state index contributed by atoms with van der Waals surface area (Å²) in [4.78, 5) is 26.9. The molecule has 7 heteroatoms. The monoisotopic (exact) mass is 312 g/mol. The topological polar surface area (TPSA) is 83.1 Å². The zero-order valence-electron chi connectivity index (χ0n) is 9.79. The molecule has 18 heavy (non-hydrogen) atoms. The highest BCUT2D eigenvalue weighted by Crippen LogP contribution is 2.17. The van der Waals surface area contributed by atoms with Crippen molar-refractivity contribution in [2.45, 2.75) is 13.0 Å². The van der Waals surface area contributed by atoms with E-state index in [2.05, 4.69) is 36.9 Å². The lowest BCUT2D eigenvalue weighted by Crippen LogP contribution is -2.56. The number of piperazine rings is 1. The van der Waals surface area contributed by atoms with E-state index >= 15 is 0 Å². The molecule has 96 valence electrons. The molecule has 0 bridgehead atoms. The fourth-order valence-electron chi connectivity index (χ4n) is 1.57. The first-order valence-electron chi connectivity index (χ1n) is 5.49. The molecule has 0 aromatic carbocycles. The van der Waals surface area contributed by atoms with Crippen molar-refractivity contribution in [3.8, 4) is 0 Å². The molecule has 0 saturated carbocycles. The van der Waals surface area contributed by atoms with E-state index in [4.69, 9.17) is 0 Å². The lowest BCUT2D eigenvalue weighted by atomic mass is 10.2. The molecular formula is C11H13BrN4O2. The SMILES string of the molecule is Cc1cc(NC(=O)C2CNC(=O)CN2)ncc1Br. The standard InChI is InChI=1S/C11H13BrN4O2/c1-6-2-9(14-3-7(6)12)16-11(18)8-4-15-10(17)5-13-8/h2-3,8,13H,4-5H2,1H3,(H,15,17)(H,14,16,18). The van der Waals surface area contributed by atoms with Gasteiger partial charge in [-0.15, -0.1) is 0 Å². The number of nitrogens with zero attached hydrogens (tertiary/aromatic N) is 1. The van der Waals surface area contributed by atoms with Crippen LogP contribution in [0.15, 0.2) is 16.7 Å². The molecule has 1 fully saturated rings. The largest absolute Gasteiger partial charge is 0.353 e. The average Bonchev–Trinajstić information content (AvgIpc) is 2.34. The van der Waals surface area contributed by atoms with Gasteiger partial charge in [-0.1, -0.05) is 0 Å². The number of nitrogens with one attached hydrogen (secondary N) is 3. The van der Waals surface area contributed by atoms with Crippen molar-refractivity contribution in [1.29, 1.82) is 0 Å². The van der Waals surface area contributed by atoms with Gasteiger partial charge in [0, 0.05) is 17.2 Å². The normalized spacial score (nSPS) is 19.2. The van der Waals surface area contributed by atoms with Crippen LogP contribution in [0.25, 0.3) is 0 Å². The molecule has 6 nitrogen and oxygen atoms in total. The van der Waals surface area contributed by atoms with Crippen LogP contribution < -0.4 is 16.0 Å². The second-order valence-electron chi connectivity index (χ2n) is 4.05. The Kier molecular flexibility index (Phi) is 3.93. The second-order valence-corrected chi connectivity index (χ2v) is 4.90. The fourth-order valence-corrected chi connectivity index (χ4v) is 1.79. The summed E-state index contributed by atoms with van der Waals surface area (Å²) < 4.78 is 0.892. The lowest BCUT2D eigenvalue weighted by Gasteiger charge is -2.22. The van der Waals surface area contributed by atoms with Crippen molar-refractivity contribution in [3.63, 3.8) is 0 Å². The number of anilines is 1. The molecule has 1 aliphatic heterocycles. The number of aromatic nitrogens is 1. The van der Waals surface area contributed by atoms with Gasteiger partial charge in [-0.05, 0) is 34.5 Å². The van der Waals surface area contributed by atoms with Crippen LogP contribution in [-0.2, 0) is 9.59 Å². The van der Waals surface area contributed by atoms with Gasteiger partial charge in [0.05, 0.1) is 6.54 Å². The Hall–Kier alpha value is -1.47. The maximum absolute atomic E-state index is 11.9. The molecule has 3 N–H and O–H groups in total. The Bertz CT molecular complexity index is 482. The van der Waals surface area contributed by atoms with Gasteiger partial charge in [-0.2, -0.15) is 0 Å². The van der Waals surface area contributed by atoms with Crippen molar-refractivity contribution < 1.29 is 9.59 Å². The Balaban J connectivity index is 1.98. The van der Waals surface area contributed by atoms with E-state index in [1.165, 1.54) is 0 Å². The predicted octanol–water partition coefficient (Wildman–Crippen LogP) is 0.179. The molecule has 2 rings (SSSR count). The summed E-state index contributed by atoms with van der Waals surface area (Å²) in [5.41, 5.74) is 0.991. The molecule has 2 heterocycles. The number of pyridine rings is 1. The van der Waals surface area contributed by atoms with Gasteiger partial charge in [-0.3, -0.25) is 14.9 Å². The Morgan fingerprint density at radius 3 is 3.00 bits per heavy atom. The van der Waals surface area contributed by atoms with Gasteiger partial charge in [0.15, 0.2) is 0 Å². The number of amides is 2. The molecule has 1 atom stereocenters. The van der Waals surface area contributed by atoms with Crippen LogP contribution in [0.1, 0.15) is 5.56 Å². The van der Waals surface area contributed by atoms with Crippen LogP contribution in [0, 0.1) is 6.92 Å². The number of hydrogen-bond acceptors (Lipinski definition) is 4. The maximum Gasteiger partial charge on any atom is 0.244 e. The highest BCUT2D eigenvalue weighted by molar-refractivity contribution is 9.10. The van der Waals surface area contributed by atoms with Crippen LogP contribution in [0.3, 0.4) is 0 Å². The van der Waals surface area contributed by atoms with Crippen molar-refractivity contribution in [1.82, 2.24) is 15.6 Å². The summed E-state index contributed by atoms with van der Waals surface area (Å²) in [6.45, 7) is 2.37. The zero-order chi connectivity index (χ0) is 13.1. The zero-order valence-corrected chi connectivity index (χ0v) is 11.4. The summed E-state index contributed by atoms with van der Waals surface area (Å²) in [5.74, 6) is 0.195. The van der Waals surface area contributed by atoms with Crippen molar-refractivity contribution in [3.05, 3.63) is 22.3 Å². The minimum atomic E-state index is -0.423. The summed E-state index contributed by atoms with van der Waals surface area (Å²) in [7, 11) is 0. The number of carbonyl (C=O) groups is 2. The molecule has 0 radical (unpaired) electrons. The number of rotatable bonds is 2. The number of aryl methyl sites for hydroxylation is 1. The van der Waals surface area contributed by atoms with Crippen LogP contribution >= 0.6 is 15.9 Å². The molecule has 1 aromatic rings. The third-order valence-corrected chi connectivity index (χ3v) is 3.46. The molecule has 2 amide bonds. The molecule has 1 aliphatic rings. The summed E-state index contributed by atoms with van der Waals surface area (Å²) in [6, 6.07) is 1.36. The Morgan fingerprint density at radius 2 is 2.39 bits per heavy atom. The minimum absolute atomic E-state index is 0.100. The van der Waals surface area contributed by atoms with Gasteiger partial charge in [-0.25, -0.2) is 4.98 Å². The summed E-state index contributed by atoms with van der Waals surface area (Å²) >= 11 is 3.34. The Labute approximate surface area is 113 Å². The van der Waals surface area contributed by atoms with Crippen LogP contribution in [0.2, 0.25) is 0 Å². The van der Waals surface area contributed by atoms with Gasteiger partial charge in [0.25, 0.3) is 0 Å². The van der Waals surface area contributed by atoms with E-state index < -0.39 is 6.04 Å². The first-order valence-corrected chi connectivity index (χ1v) is 6.28. The van der Waals surface area contributed by atoms with Crippen molar-refractivity contribution in [2.24, 2.45) is 0 Å². The van der Waals surface area contributed by atoms with Gasteiger partial charge >= 0.3 is 0 Å². The molecular weight excluding hydrogens is 300 g/mol. The number of halogens is 1. The quantitative estimate of drug-likeness (QED) is 0.727. The van der Waals surface area contributed by atoms with Crippen LogP contribution in [0.4, 0.5) is 5.82 Å².